The van der Waals surface area contributed by atoms with Gasteiger partial charge in [-0.05, 0) is 61.4 Å². The summed E-state index contributed by atoms with van der Waals surface area (Å²) in [7, 11) is 3.08. The summed E-state index contributed by atoms with van der Waals surface area (Å²) in [5.41, 5.74) is 1.57. The zero-order valence-corrected chi connectivity index (χ0v) is 19.8. The molecule has 0 spiro atoms. The molecule has 1 fully saturated rings. The van der Waals surface area contributed by atoms with Gasteiger partial charge in [0.15, 0.2) is 11.5 Å². The van der Waals surface area contributed by atoms with Crippen molar-refractivity contribution >= 4 is 52.3 Å². The lowest BCUT2D eigenvalue weighted by Crippen LogP contribution is -2.34. The molecule has 1 heterocycles. The van der Waals surface area contributed by atoms with Gasteiger partial charge >= 0.3 is 5.97 Å². The molecule has 0 N–H and O–H groups in total. The molecule has 1 aliphatic rings. The molecular formula is C24H23NO5S2. The highest BCUT2D eigenvalue weighted by atomic mass is 32.2. The normalized spacial score (nSPS) is 15.2. The predicted molar refractivity (Wildman–Crippen MR) is 131 cm³/mol. The van der Waals surface area contributed by atoms with Gasteiger partial charge in [-0.25, -0.2) is 4.79 Å². The number of hydrogen-bond donors (Lipinski definition) is 0. The van der Waals surface area contributed by atoms with Gasteiger partial charge in [0.25, 0.3) is 5.91 Å². The second kappa shape index (κ2) is 10.5. The van der Waals surface area contributed by atoms with E-state index >= 15 is 0 Å². The standard InChI is InChI=1S/C24H23NO5S2/c1-15(2)25-23(27)21(32-24(25)31)14-17-7-11-19(20(13-17)29-4)30-22(26)12-8-16-5-9-18(28-3)10-6-16/h5-15H,1-4H3/b12-8+,21-14-. The monoisotopic (exact) mass is 469 g/mol. The first-order valence-corrected chi connectivity index (χ1v) is 11.0. The quantitative estimate of drug-likeness (QED) is 0.246. The predicted octanol–water partition coefficient (Wildman–Crippen LogP) is 4.93. The molecule has 2 aromatic rings. The summed E-state index contributed by atoms with van der Waals surface area (Å²) in [5.74, 6) is 0.742. The molecule has 0 saturated carbocycles. The average molecular weight is 470 g/mol. The van der Waals surface area contributed by atoms with E-state index in [1.165, 1.54) is 24.9 Å². The van der Waals surface area contributed by atoms with E-state index in [0.29, 0.717) is 15.0 Å². The van der Waals surface area contributed by atoms with Crippen molar-refractivity contribution in [2.24, 2.45) is 0 Å². The highest BCUT2D eigenvalue weighted by molar-refractivity contribution is 8.26. The molecule has 0 aliphatic carbocycles. The van der Waals surface area contributed by atoms with Gasteiger partial charge in [-0.1, -0.05) is 42.2 Å². The number of nitrogens with zero attached hydrogens (tertiary/aromatic N) is 1. The molecule has 0 unspecified atom stereocenters. The molecule has 0 bridgehead atoms. The fourth-order valence-electron chi connectivity index (χ4n) is 2.96. The minimum absolute atomic E-state index is 0.00399. The van der Waals surface area contributed by atoms with Crippen LogP contribution in [0.1, 0.15) is 25.0 Å². The van der Waals surface area contributed by atoms with E-state index in [1.807, 2.05) is 38.1 Å². The summed E-state index contributed by atoms with van der Waals surface area (Å²) >= 11 is 6.57. The average Bonchev–Trinajstić information content (AvgIpc) is 3.06. The maximum Gasteiger partial charge on any atom is 0.336 e. The molecule has 0 radical (unpaired) electrons. The van der Waals surface area contributed by atoms with Crippen LogP contribution in [0, 0.1) is 0 Å². The van der Waals surface area contributed by atoms with E-state index in [4.69, 9.17) is 26.4 Å². The Hall–Kier alpha value is -3.10. The van der Waals surface area contributed by atoms with Gasteiger partial charge in [-0.3, -0.25) is 9.69 Å². The summed E-state index contributed by atoms with van der Waals surface area (Å²) in [6.07, 6.45) is 4.74. The number of esters is 1. The van der Waals surface area contributed by atoms with Gasteiger partial charge in [-0.2, -0.15) is 0 Å². The summed E-state index contributed by atoms with van der Waals surface area (Å²) < 4.78 is 16.4. The molecule has 0 aromatic heterocycles. The Morgan fingerprint density at radius 3 is 2.31 bits per heavy atom. The first kappa shape index (κ1) is 23.6. The number of ether oxygens (including phenoxy) is 3. The number of benzene rings is 2. The van der Waals surface area contributed by atoms with E-state index in [2.05, 4.69) is 0 Å². The van der Waals surface area contributed by atoms with Crippen molar-refractivity contribution in [2.45, 2.75) is 19.9 Å². The highest BCUT2D eigenvalue weighted by Gasteiger charge is 2.33. The van der Waals surface area contributed by atoms with Crippen LogP contribution >= 0.6 is 24.0 Å². The third-order valence-corrected chi connectivity index (χ3v) is 5.89. The maximum absolute atomic E-state index is 12.6. The molecule has 1 saturated heterocycles. The number of methoxy groups -OCH3 is 2. The third kappa shape index (κ3) is 5.57. The lowest BCUT2D eigenvalue weighted by atomic mass is 10.1. The molecule has 3 rings (SSSR count). The second-order valence-electron chi connectivity index (χ2n) is 7.08. The van der Waals surface area contributed by atoms with Crippen LogP contribution in [0.25, 0.3) is 12.2 Å². The van der Waals surface area contributed by atoms with Crippen LogP contribution < -0.4 is 14.2 Å². The van der Waals surface area contributed by atoms with Crippen molar-refractivity contribution in [3.05, 3.63) is 64.6 Å². The molecule has 0 atom stereocenters. The minimum atomic E-state index is -0.537. The third-order valence-electron chi connectivity index (χ3n) is 4.56. The smallest absolute Gasteiger partial charge is 0.336 e. The number of rotatable bonds is 7. The van der Waals surface area contributed by atoms with E-state index in [-0.39, 0.29) is 17.7 Å². The first-order valence-electron chi connectivity index (χ1n) is 9.81. The Labute approximate surface area is 196 Å². The van der Waals surface area contributed by atoms with Gasteiger partial charge in [-0.15, -0.1) is 0 Å². The van der Waals surface area contributed by atoms with E-state index in [9.17, 15) is 9.59 Å². The minimum Gasteiger partial charge on any atom is -0.497 e. The van der Waals surface area contributed by atoms with Crippen molar-refractivity contribution < 1.29 is 23.8 Å². The Kier molecular flexibility index (Phi) is 7.71. The van der Waals surface area contributed by atoms with Crippen molar-refractivity contribution in [2.75, 3.05) is 14.2 Å². The summed E-state index contributed by atoms with van der Waals surface area (Å²) in [6, 6.07) is 12.4. The van der Waals surface area contributed by atoms with Crippen molar-refractivity contribution in [3.8, 4) is 17.2 Å². The number of carbonyl (C=O) groups excluding carboxylic acids is 2. The largest absolute Gasteiger partial charge is 0.497 e. The van der Waals surface area contributed by atoms with Crippen LogP contribution in [0.4, 0.5) is 0 Å². The van der Waals surface area contributed by atoms with Crippen LogP contribution in [0.5, 0.6) is 17.2 Å². The maximum atomic E-state index is 12.6. The molecule has 1 aliphatic heterocycles. The zero-order chi connectivity index (χ0) is 23.3. The highest BCUT2D eigenvalue weighted by Crippen LogP contribution is 2.35. The summed E-state index contributed by atoms with van der Waals surface area (Å²) in [4.78, 5) is 27.0. The van der Waals surface area contributed by atoms with Crippen molar-refractivity contribution in [1.29, 1.82) is 0 Å². The van der Waals surface area contributed by atoms with Crippen LogP contribution in [-0.2, 0) is 9.59 Å². The van der Waals surface area contributed by atoms with Crippen LogP contribution in [-0.4, -0.2) is 41.4 Å². The number of carbonyl (C=O) groups is 2. The Bertz CT molecular complexity index is 1090. The molecular weight excluding hydrogens is 446 g/mol. The Morgan fingerprint density at radius 2 is 1.72 bits per heavy atom. The van der Waals surface area contributed by atoms with Gasteiger partial charge in [0, 0.05) is 12.1 Å². The van der Waals surface area contributed by atoms with E-state index < -0.39 is 5.97 Å². The molecule has 1 amide bonds. The van der Waals surface area contributed by atoms with Gasteiger partial charge in [0.1, 0.15) is 10.1 Å². The fraction of sp³-hybridized carbons (Fsp3) is 0.208. The Morgan fingerprint density at radius 1 is 1.03 bits per heavy atom. The SMILES string of the molecule is COc1ccc(/C=C/C(=O)Oc2ccc(/C=C3\SC(=S)N(C(C)C)C3=O)cc2OC)cc1. The summed E-state index contributed by atoms with van der Waals surface area (Å²) in [6.45, 7) is 3.84. The molecule has 6 nitrogen and oxygen atoms in total. The molecule has 32 heavy (non-hydrogen) atoms. The van der Waals surface area contributed by atoms with Crippen LogP contribution in [0.3, 0.4) is 0 Å². The van der Waals surface area contributed by atoms with Crippen LogP contribution in [0.2, 0.25) is 0 Å². The zero-order valence-electron chi connectivity index (χ0n) is 18.2. The topological polar surface area (TPSA) is 65.1 Å². The first-order chi connectivity index (χ1) is 15.3. The van der Waals surface area contributed by atoms with Crippen molar-refractivity contribution in [1.82, 2.24) is 4.90 Å². The molecule has 166 valence electrons. The van der Waals surface area contributed by atoms with Crippen LogP contribution in [0.15, 0.2) is 53.4 Å². The fourth-order valence-corrected chi connectivity index (χ4v) is 4.48. The lowest BCUT2D eigenvalue weighted by Gasteiger charge is -2.18. The molecule has 8 heteroatoms. The van der Waals surface area contributed by atoms with Gasteiger partial charge in [0.2, 0.25) is 0 Å². The number of hydrogen-bond acceptors (Lipinski definition) is 7. The number of thioether (sulfide) groups is 1. The van der Waals surface area contributed by atoms with Gasteiger partial charge < -0.3 is 14.2 Å². The van der Waals surface area contributed by atoms with E-state index in [0.717, 1.165) is 16.9 Å². The van der Waals surface area contributed by atoms with Gasteiger partial charge in [0.05, 0.1) is 19.1 Å². The molecule has 2 aromatic carbocycles. The number of thiocarbonyl (C=S) groups is 1. The second-order valence-corrected chi connectivity index (χ2v) is 8.76. The number of amides is 1. The Balaban J connectivity index is 1.72. The van der Waals surface area contributed by atoms with E-state index in [1.54, 1.807) is 42.4 Å². The van der Waals surface area contributed by atoms with Crippen molar-refractivity contribution in [3.63, 3.8) is 0 Å². The summed E-state index contributed by atoms with van der Waals surface area (Å²) in [5, 5.41) is 0. The lowest BCUT2D eigenvalue weighted by molar-refractivity contribution is -0.129.